The number of halogens is 3. The Balaban J connectivity index is 2.86. The zero-order valence-corrected chi connectivity index (χ0v) is 10.4. The van der Waals surface area contributed by atoms with Gasteiger partial charge in [0, 0.05) is 25.0 Å². The highest BCUT2D eigenvalue weighted by Crippen LogP contribution is 2.26. The van der Waals surface area contributed by atoms with Crippen LogP contribution in [0.1, 0.15) is 6.42 Å². The molecule has 82 valence electrons. The van der Waals surface area contributed by atoms with E-state index in [1.807, 2.05) is 0 Å². The van der Waals surface area contributed by atoms with E-state index in [0.717, 1.165) is 0 Å². The van der Waals surface area contributed by atoms with Crippen LogP contribution in [0.4, 0.5) is 5.69 Å². The van der Waals surface area contributed by atoms with E-state index in [4.69, 9.17) is 34.8 Å². The number of benzene rings is 1. The molecule has 0 radical (unpaired) electrons. The molecule has 0 bridgehead atoms. The minimum atomic E-state index is -0.0524. The molecule has 0 unspecified atom stereocenters. The minimum absolute atomic E-state index is 0.0524. The first-order chi connectivity index (χ1) is 7.06. The number of hydrogen-bond acceptors (Lipinski definition) is 1. The molecule has 15 heavy (non-hydrogen) atoms. The highest BCUT2D eigenvalue weighted by molar-refractivity contribution is 6.42. The first-order valence-corrected chi connectivity index (χ1v) is 5.63. The molecular weight excluding hydrogens is 256 g/mol. The zero-order valence-electron chi connectivity index (χ0n) is 8.14. The number of nitrogens with zero attached hydrogens (tertiary/aromatic N) is 1. The van der Waals surface area contributed by atoms with Crippen LogP contribution < -0.4 is 4.90 Å². The van der Waals surface area contributed by atoms with Crippen LogP contribution in [0.25, 0.3) is 0 Å². The average molecular weight is 267 g/mol. The van der Waals surface area contributed by atoms with Crippen molar-refractivity contribution in [1.29, 1.82) is 0 Å². The molecule has 0 aromatic heterocycles. The lowest BCUT2D eigenvalue weighted by Gasteiger charge is -2.17. The molecule has 0 aliphatic rings. The van der Waals surface area contributed by atoms with Gasteiger partial charge in [0.25, 0.3) is 0 Å². The number of hydrogen-bond donors (Lipinski definition) is 0. The van der Waals surface area contributed by atoms with Crippen molar-refractivity contribution in [2.24, 2.45) is 0 Å². The van der Waals surface area contributed by atoms with Gasteiger partial charge in [0.2, 0.25) is 5.91 Å². The number of rotatable bonds is 3. The summed E-state index contributed by atoms with van der Waals surface area (Å²) in [6.07, 6.45) is 0.304. The molecule has 1 amide bonds. The maximum absolute atomic E-state index is 11.5. The molecule has 0 saturated carbocycles. The van der Waals surface area contributed by atoms with E-state index in [1.165, 1.54) is 4.90 Å². The summed E-state index contributed by atoms with van der Waals surface area (Å²) >= 11 is 17.1. The highest BCUT2D eigenvalue weighted by Gasteiger charge is 2.11. The Kier molecular flexibility index (Phi) is 4.71. The Hall–Kier alpha value is -0.440. The van der Waals surface area contributed by atoms with Crippen molar-refractivity contribution >= 4 is 46.4 Å². The van der Waals surface area contributed by atoms with Gasteiger partial charge in [-0.05, 0) is 18.2 Å². The molecule has 0 aliphatic heterocycles. The average Bonchev–Trinajstić information content (AvgIpc) is 2.21. The van der Waals surface area contributed by atoms with E-state index < -0.39 is 0 Å². The van der Waals surface area contributed by atoms with Gasteiger partial charge in [-0.3, -0.25) is 4.79 Å². The third-order valence-corrected chi connectivity index (χ3v) is 2.90. The maximum Gasteiger partial charge on any atom is 0.227 e. The van der Waals surface area contributed by atoms with Crippen LogP contribution in [-0.2, 0) is 4.79 Å². The third kappa shape index (κ3) is 3.26. The van der Waals surface area contributed by atoms with Crippen molar-refractivity contribution in [3.63, 3.8) is 0 Å². The fourth-order valence-electron chi connectivity index (χ4n) is 1.09. The lowest BCUT2D eigenvalue weighted by molar-refractivity contribution is -0.117. The lowest BCUT2D eigenvalue weighted by Crippen LogP contribution is -2.26. The normalized spacial score (nSPS) is 10.1. The second-order valence-electron chi connectivity index (χ2n) is 2.99. The number of carbonyl (C=O) groups excluding carboxylic acids is 1. The van der Waals surface area contributed by atoms with Gasteiger partial charge in [0.1, 0.15) is 0 Å². The molecule has 2 nitrogen and oxygen atoms in total. The molecule has 0 fully saturated rings. The Morgan fingerprint density at radius 3 is 2.53 bits per heavy atom. The van der Waals surface area contributed by atoms with Gasteiger partial charge >= 0.3 is 0 Å². The van der Waals surface area contributed by atoms with Crippen LogP contribution in [-0.4, -0.2) is 18.8 Å². The van der Waals surface area contributed by atoms with Crippen molar-refractivity contribution in [3.05, 3.63) is 28.2 Å². The van der Waals surface area contributed by atoms with E-state index in [2.05, 4.69) is 0 Å². The largest absolute Gasteiger partial charge is 0.315 e. The van der Waals surface area contributed by atoms with Gasteiger partial charge in [-0.25, -0.2) is 0 Å². The summed E-state index contributed by atoms with van der Waals surface area (Å²) in [4.78, 5) is 13.0. The number of alkyl halides is 1. The van der Waals surface area contributed by atoms with Crippen molar-refractivity contribution < 1.29 is 4.79 Å². The monoisotopic (exact) mass is 265 g/mol. The standard InChI is InChI=1S/C10H10Cl3NO/c1-14(10(15)4-5-11)7-2-3-8(12)9(13)6-7/h2-3,6H,4-5H2,1H3. The van der Waals surface area contributed by atoms with Crippen LogP contribution in [0.15, 0.2) is 18.2 Å². The van der Waals surface area contributed by atoms with E-state index in [9.17, 15) is 4.79 Å². The van der Waals surface area contributed by atoms with E-state index >= 15 is 0 Å². The zero-order chi connectivity index (χ0) is 11.4. The Bertz CT molecular complexity index is 368. The molecule has 1 aromatic rings. The molecule has 0 spiro atoms. The molecule has 0 saturated heterocycles. The van der Waals surface area contributed by atoms with Gasteiger partial charge in [-0.2, -0.15) is 0 Å². The summed E-state index contributed by atoms with van der Waals surface area (Å²) in [5, 5.41) is 0.901. The summed E-state index contributed by atoms with van der Waals surface area (Å²) in [7, 11) is 1.68. The molecule has 0 aliphatic carbocycles. The SMILES string of the molecule is CN(C(=O)CCCl)c1ccc(Cl)c(Cl)c1. The molecule has 0 heterocycles. The van der Waals surface area contributed by atoms with Crippen LogP contribution in [0.3, 0.4) is 0 Å². The fourth-order valence-corrected chi connectivity index (χ4v) is 1.54. The van der Waals surface area contributed by atoms with Gasteiger partial charge in [0.05, 0.1) is 10.0 Å². The number of carbonyl (C=O) groups is 1. The van der Waals surface area contributed by atoms with Crippen molar-refractivity contribution in [3.8, 4) is 0 Å². The highest BCUT2D eigenvalue weighted by atomic mass is 35.5. The maximum atomic E-state index is 11.5. The fraction of sp³-hybridized carbons (Fsp3) is 0.300. The quantitative estimate of drug-likeness (QED) is 0.766. The van der Waals surface area contributed by atoms with E-state index in [0.29, 0.717) is 28.0 Å². The van der Waals surface area contributed by atoms with Crippen LogP contribution in [0.2, 0.25) is 10.0 Å². The molecule has 1 rings (SSSR count). The second-order valence-corrected chi connectivity index (χ2v) is 4.18. The topological polar surface area (TPSA) is 20.3 Å². The first kappa shape index (κ1) is 12.6. The summed E-state index contributed by atoms with van der Waals surface area (Å²) in [6, 6.07) is 5.04. The Labute approximate surface area is 104 Å². The van der Waals surface area contributed by atoms with Crippen LogP contribution in [0, 0.1) is 0 Å². The van der Waals surface area contributed by atoms with Gasteiger partial charge in [-0.15, -0.1) is 11.6 Å². The molecule has 1 aromatic carbocycles. The Morgan fingerprint density at radius 2 is 2.00 bits per heavy atom. The molecule has 5 heteroatoms. The van der Waals surface area contributed by atoms with Crippen molar-refractivity contribution in [1.82, 2.24) is 0 Å². The van der Waals surface area contributed by atoms with Gasteiger partial charge in [0.15, 0.2) is 0 Å². The van der Waals surface area contributed by atoms with Crippen molar-refractivity contribution in [2.75, 3.05) is 17.8 Å². The van der Waals surface area contributed by atoms with Crippen LogP contribution in [0.5, 0.6) is 0 Å². The van der Waals surface area contributed by atoms with Crippen LogP contribution >= 0.6 is 34.8 Å². The number of amides is 1. The second kappa shape index (κ2) is 5.59. The van der Waals surface area contributed by atoms with Crippen molar-refractivity contribution in [2.45, 2.75) is 6.42 Å². The lowest BCUT2D eigenvalue weighted by atomic mass is 10.3. The molecular formula is C10H10Cl3NO. The smallest absolute Gasteiger partial charge is 0.227 e. The van der Waals surface area contributed by atoms with Gasteiger partial charge < -0.3 is 4.90 Å². The third-order valence-electron chi connectivity index (χ3n) is 1.97. The summed E-state index contributed by atoms with van der Waals surface area (Å²) in [5.41, 5.74) is 0.708. The Morgan fingerprint density at radius 1 is 1.33 bits per heavy atom. The minimum Gasteiger partial charge on any atom is -0.315 e. The molecule has 0 atom stereocenters. The summed E-state index contributed by atoms with van der Waals surface area (Å²) in [6.45, 7) is 0. The molecule has 0 N–H and O–H groups in total. The van der Waals surface area contributed by atoms with E-state index in [-0.39, 0.29) is 5.91 Å². The number of anilines is 1. The summed E-state index contributed by atoms with van der Waals surface area (Å²) in [5.74, 6) is 0.258. The first-order valence-electron chi connectivity index (χ1n) is 4.34. The van der Waals surface area contributed by atoms with Gasteiger partial charge in [-0.1, -0.05) is 23.2 Å². The predicted octanol–water partition coefficient (Wildman–Crippen LogP) is 3.59. The van der Waals surface area contributed by atoms with E-state index in [1.54, 1.807) is 25.2 Å². The summed E-state index contributed by atoms with van der Waals surface area (Å²) < 4.78 is 0. The predicted molar refractivity (Wildman–Crippen MR) is 65.2 cm³/mol.